The van der Waals surface area contributed by atoms with E-state index >= 15 is 0 Å². The van der Waals surface area contributed by atoms with Crippen LogP contribution >= 0.6 is 11.6 Å². The highest BCUT2D eigenvalue weighted by atomic mass is 35.5. The van der Waals surface area contributed by atoms with E-state index < -0.39 is 0 Å². The molecular formula is C9H12ClNO3. The first-order valence-corrected chi connectivity index (χ1v) is 4.27. The lowest BCUT2D eigenvalue weighted by molar-refractivity contribution is 0.351. The third kappa shape index (κ3) is 1.65. The van der Waals surface area contributed by atoms with Crippen molar-refractivity contribution in [2.75, 3.05) is 27.1 Å². The maximum Gasteiger partial charge on any atom is 0.185 e. The second-order valence-electron chi connectivity index (χ2n) is 2.55. The third-order valence-corrected chi connectivity index (χ3v) is 2.16. The standard InChI is InChI=1S/C9H12ClNO3/c1-12-6-4-5(11)8(13-2)9(14-3)7(6)10/h4H,11H2,1-3H3. The molecule has 0 heterocycles. The summed E-state index contributed by atoms with van der Waals surface area (Å²) in [5.74, 6) is 1.26. The summed E-state index contributed by atoms with van der Waals surface area (Å²) >= 11 is 5.98. The Labute approximate surface area is 87.5 Å². The summed E-state index contributed by atoms with van der Waals surface area (Å²) < 4.78 is 15.2. The van der Waals surface area contributed by atoms with E-state index in [1.54, 1.807) is 6.07 Å². The molecule has 0 aliphatic carbocycles. The molecule has 5 heteroatoms. The van der Waals surface area contributed by atoms with Gasteiger partial charge in [-0.3, -0.25) is 0 Å². The van der Waals surface area contributed by atoms with Gasteiger partial charge in [-0.25, -0.2) is 0 Å². The van der Waals surface area contributed by atoms with Crippen LogP contribution in [0.2, 0.25) is 5.02 Å². The minimum Gasteiger partial charge on any atom is -0.495 e. The summed E-state index contributed by atoms with van der Waals surface area (Å²) in [4.78, 5) is 0. The van der Waals surface area contributed by atoms with Gasteiger partial charge < -0.3 is 19.9 Å². The lowest BCUT2D eigenvalue weighted by atomic mass is 10.2. The van der Waals surface area contributed by atoms with Crippen LogP contribution in [0.25, 0.3) is 0 Å². The Morgan fingerprint density at radius 3 is 2.07 bits per heavy atom. The second kappa shape index (κ2) is 4.28. The number of halogens is 1. The molecule has 4 nitrogen and oxygen atoms in total. The highest BCUT2D eigenvalue weighted by Crippen LogP contribution is 2.45. The summed E-state index contributed by atoms with van der Waals surface area (Å²) in [7, 11) is 4.49. The zero-order valence-electron chi connectivity index (χ0n) is 8.26. The monoisotopic (exact) mass is 217 g/mol. The van der Waals surface area contributed by atoms with Gasteiger partial charge in [-0.2, -0.15) is 0 Å². The van der Waals surface area contributed by atoms with Crippen LogP contribution in [0.3, 0.4) is 0 Å². The van der Waals surface area contributed by atoms with E-state index in [9.17, 15) is 0 Å². The van der Waals surface area contributed by atoms with Crippen molar-refractivity contribution < 1.29 is 14.2 Å². The predicted molar refractivity (Wildman–Crippen MR) is 55.5 cm³/mol. The molecule has 0 saturated heterocycles. The molecule has 0 unspecified atom stereocenters. The van der Waals surface area contributed by atoms with Gasteiger partial charge in [-0.15, -0.1) is 0 Å². The van der Waals surface area contributed by atoms with E-state index in [4.69, 9.17) is 31.5 Å². The fourth-order valence-corrected chi connectivity index (χ4v) is 1.45. The zero-order chi connectivity index (χ0) is 10.7. The number of nitrogens with two attached hydrogens (primary N) is 1. The van der Waals surface area contributed by atoms with E-state index in [0.717, 1.165) is 0 Å². The van der Waals surface area contributed by atoms with E-state index in [0.29, 0.717) is 28.0 Å². The van der Waals surface area contributed by atoms with Crippen molar-refractivity contribution in [2.45, 2.75) is 0 Å². The van der Waals surface area contributed by atoms with Gasteiger partial charge in [0.25, 0.3) is 0 Å². The smallest absolute Gasteiger partial charge is 0.185 e. The van der Waals surface area contributed by atoms with Gasteiger partial charge in [-0.1, -0.05) is 11.6 Å². The number of ether oxygens (including phenoxy) is 3. The largest absolute Gasteiger partial charge is 0.495 e. The second-order valence-corrected chi connectivity index (χ2v) is 2.93. The Bertz CT molecular complexity index is 341. The molecule has 0 amide bonds. The number of hydrogen-bond donors (Lipinski definition) is 1. The Morgan fingerprint density at radius 2 is 1.64 bits per heavy atom. The average molecular weight is 218 g/mol. The lowest BCUT2D eigenvalue weighted by Crippen LogP contribution is -1.98. The van der Waals surface area contributed by atoms with Crippen molar-refractivity contribution in [3.63, 3.8) is 0 Å². The molecule has 1 aromatic rings. The summed E-state index contributed by atoms with van der Waals surface area (Å²) in [6, 6.07) is 1.59. The molecule has 0 atom stereocenters. The van der Waals surface area contributed by atoms with Crippen molar-refractivity contribution in [2.24, 2.45) is 0 Å². The molecule has 0 bridgehead atoms. The molecule has 0 aliphatic rings. The van der Waals surface area contributed by atoms with E-state index in [1.165, 1.54) is 21.3 Å². The van der Waals surface area contributed by atoms with Crippen molar-refractivity contribution in [1.29, 1.82) is 0 Å². The average Bonchev–Trinajstić information content (AvgIpc) is 2.20. The van der Waals surface area contributed by atoms with Crippen LogP contribution in [-0.2, 0) is 0 Å². The van der Waals surface area contributed by atoms with E-state index in [-0.39, 0.29) is 0 Å². The molecule has 0 saturated carbocycles. The molecule has 0 spiro atoms. The van der Waals surface area contributed by atoms with Gasteiger partial charge in [-0.05, 0) is 0 Å². The van der Waals surface area contributed by atoms with Crippen molar-refractivity contribution in [1.82, 2.24) is 0 Å². The highest BCUT2D eigenvalue weighted by Gasteiger charge is 2.17. The van der Waals surface area contributed by atoms with E-state index in [1.807, 2.05) is 0 Å². The van der Waals surface area contributed by atoms with Crippen molar-refractivity contribution in [3.8, 4) is 17.2 Å². The van der Waals surface area contributed by atoms with Gasteiger partial charge >= 0.3 is 0 Å². The number of anilines is 1. The first-order chi connectivity index (χ1) is 6.65. The zero-order valence-corrected chi connectivity index (χ0v) is 9.01. The van der Waals surface area contributed by atoms with Crippen LogP contribution in [0.1, 0.15) is 0 Å². The number of rotatable bonds is 3. The topological polar surface area (TPSA) is 53.7 Å². The number of benzene rings is 1. The van der Waals surface area contributed by atoms with Crippen LogP contribution in [0.4, 0.5) is 5.69 Å². The maximum absolute atomic E-state index is 5.98. The molecule has 0 aliphatic heterocycles. The highest BCUT2D eigenvalue weighted by molar-refractivity contribution is 6.34. The number of hydrogen-bond acceptors (Lipinski definition) is 4. The van der Waals surface area contributed by atoms with E-state index in [2.05, 4.69) is 0 Å². The van der Waals surface area contributed by atoms with Crippen molar-refractivity contribution >= 4 is 17.3 Å². The summed E-state index contributed by atoms with van der Waals surface area (Å²) in [6.45, 7) is 0. The maximum atomic E-state index is 5.98. The van der Waals surface area contributed by atoms with Crippen LogP contribution < -0.4 is 19.9 Å². The van der Waals surface area contributed by atoms with Gasteiger partial charge in [0.1, 0.15) is 10.8 Å². The van der Waals surface area contributed by atoms with Gasteiger partial charge in [0.2, 0.25) is 0 Å². The van der Waals surface area contributed by atoms with Gasteiger partial charge in [0, 0.05) is 6.07 Å². The molecule has 78 valence electrons. The molecule has 0 fully saturated rings. The van der Waals surface area contributed by atoms with Gasteiger partial charge in [0.05, 0.1) is 27.0 Å². The number of methoxy groups -OCH3 is 3. The van der Waals surface area contributed by atoms with Crippen LogP contribution in [0.5, 0.6) is 17.2 Å². The molecule has 2 N–H and O–H groups in total. The summed E-state index contributed by atoms with van der Waals surface area (Å²) in [5.41, 5.74) is 6.13. The van der Waals surface area contributed by atoms with Gasteiger partial charge in [0.15, 0.2) is 11.5 Å². The first-order valence-electron chi connectivity index (χ1n) is 3.89. The van der Waals surface area contributed by atoms with Crippen molar-refractivity contribution in [3.05, 3.63) is 11.1 Å². The molecular weight excluding hydrogens is 206 g/mol. The normalized spacial score (nSPS) is 9.71. The first kappa shape index (κ1) is 10.8. The summed E-state index contributed by atoms with van der Waals surface area (Å²) in [6.07, 6.45) is 0. The van der Waals surface area contributed by atoms with Crippen LogP contribution in [0.15, 0.2) is 6.07 Å². The van der Waals surface area contributed by atoms with Crippen LogP contribution in [0, 0.1) is 0 Å². The fraction of sp³-hybridized carbons (Fsp3) is 0.333. The fourth-order valence-electron chi connectivity index (χ4n) is 1.15. The molecule has 1 aromatic carbocycles. The lowest BCUT2D eigenvalue weighted by Gasteiger charge is -2.14. The Balaban J connectivity index is 3.40. The Morgan fingerprint density at radius 1 is 1.07 bits per heavy atom. The molecule has 14 heavy (non-hydrogen) atoms. The predicted octanol–water partition coefficient (Wildman–Crippen LogP) is 1.95. The minimum absolute atomic E-state index is 0.348. The SMILES string of the molecule is COc1cc(N)c(OC)c(OC)c1Cl. The Kier molecular flexibility index (Phi) is 3.30. The molecule has 0 aromatic heterocycles. The Hall–Kier alpha value is -1.29. The summed E-state index contributed by atoms with van der Waals surface area (Å²) in [5, 5.41) is 0.348. The quantitative estimate of drug-likeness (QED) is 0.787. The molecule has 0 radical (unpaired) electrons. The minimum atomic E-state index is 0.348. The third-order valence-electron chi connectivity index (χ3n) is 1.80. The van der Waals surface area contributed by atoms with Crippen LogP contribution in [-0.4, -0.2) is 21.3 Å². The number of nitrogen functional groups attached to an aromatic ring is 1. The molecule has 1 rings (SSSR count).